The standard InChI is InChI=1S/C17H19NO3/c1-17(2,3)21-16(20)18-14-9-10-15(19)13(14)11-12-7-5-4-6-8-12/h4-11,14H,1-3H3,(H,18,20)/b13-11-. The van der Waals surface area contributed by atoms with Crippen molar-refractivity contribution in [1.82, 2.24) is 5.32 Å². The van der Waals surface area contributed by atoms with Crippen LogP contribution in [0.1, 0.15) is 26.3 Å². The molecular weight excluding hydrogens is 266 g/mol. The fourth-order valence-corrected chi connectivity index (χ4v) is 1.99. The Labute approximate surface area is 124 Å². The molecule has 1 aromatic carbocycles. The van der Waals surface area contributed by atoms with Gasteiger partial charge in [-0.3, -0.25) is 4.79 Å². The van der Waals surface area contributed by atoms with Crippen LogP contribution in [0.5, 0.6) is 0 Å². The van der Waals surface area contributed by atoms with Crippen molar-refractivity contribution in [3.8, 4) is 0 Å². The van der Waals surface area contributed by atoms with Crippen molar-refractivity contribution in [2.45, 2.75) is 32.4 Å². The molecule has 1 aromatic rings. The third-order valence-electron chi connectivity index (χ3n) is 2.85. The van der Waals surface area contributed by atoms with Crippen molar-refractivity contribution in [2.75, 3.05) is 0 Å². The van der Waals surface area contributed by atoms with Gasteiger partial charge in [-0.05, 0) is 38.5 Å². The molecular formula is C17H19NO3. The van der Waals surface area contributed by atoms with Crippen molar-refractivity contribution in [2.24, 2.45) is 0 Å². The zero-order valence-corrected chi connectivity index (χ0v) is 12.4. The number of ketones is 1. The summed E-state index contributed by atoms with van der Waals surface area (Å²) in [5.41, 5.74) is 0.882. The topological polar surface area (TPSA) is 55.4 Å². The minimum Gasteiger partial charge on any atom is -0.444 e. The van der Waals surface area contributed by atoms with Gasteiger partial charge in [-0.15, -0.1) is 0 Å². The number of benzene rings is 1. The smallest absolute Gasteiger partial charge is 0.408 e. The molecule has 1 aliphatic rings. The molecule has 0 fully saturated rings. The van der Waals surface area contributed by atoms with Gasteiger partial charge in [0.05, 0.1) is 6.04 Å². The van der Waals surface area contributed by atoms with Gasteiger partial charge in [-0.1, -0.05) is 36.4 Å². The SMILES string of the molecule is CC(C)(C)OC(=O)NC1C=CC(=O)/C1=C\c1ccccc1. The monoisotopic (exact) mass is 285 g/mol. The number of hydrogen-bond acceptors (Lipinski definition) is 3. The summed E-state index contributed by atoms with van der Waals surface area (Å²) in [5.74, 6) is -0.0973. The maximum Gasteiger partial charge on any atom is 0.408 e. The van der Waals surface area contributed by atoms with E-state index in [1.54, 1.807) is 32.9 Å². The van der Waals surface area contributed by atoms with Gasteiger partial charge in [0, 0.05) is 5.57 Å². The highest BCUT2D eigenvalue weighted by atomic mass is 16.6. The van der Waals surface area contributed by atoms with Crippen LogP contribution in [0, 0.1) is 0 Å². The molecule has 0 spiro atoms. The molecule has 4 nitrogen and oxygen atoms in total. The van der Waals surface area contributed by atoms with E-state index in [0.29, 0.717) is 5.57 Å². The first-order chi connectivity index (χ1) is 9.85. The third kappa shape index (κ3) is 4.31. The van der Waals surface area contributed by atoms with Gasteiger partial charge in [0.15, 0.2) is 5.78 Å². The van der Waals surface area contributed by atoms with E-state index < -0.39 is 17.7 Å². The number of carbonyl (C=O) groups is 2. The lowest BCUT2D eigenvalue weighted by atomic mass is 10.1. The van der Waals surface area contributed by atoms with Crippen LogP contribution in [0.25, 0.3) is 6.08 Å². The number of allylic oxidation sites excluding steroid dienone is 1. The molecule has 1 atom stereocenters. The Morgan fingerprint density at radius 1 is 1.24 bits per heavy atom. The molecule has 1 unspecified atom stereocenters. The van der Waals surface area contributed by atoms with Crippen molar-refractivity contribution < 1.29 is 14.3 Å². The van der Waals surface area contributed by atoms with E-state index in [0.717, 1.165) is 5.56 Å². The molecule has 2 rings (SSSR count). The Morgan fingerprint density at radius 3 is 2.52 bits per heavy atom. The number of carbonyl (C=O) groups excluding carboxylic acids is 2. The van der Waals surface area contributed by atoms with Crippen LogP contribution in [0.3, 0.4) is 0 Å². The van der Waals surface area contributed by atoms with Crippen LogP contribution >= 0.6 is 0 Å². The van der Waals surface area contributed by atoms with Gasteiger partial charge in [-0.2, -0.15) is 0 Å². The number of rotatable bonds is 2. The van der Waals surface area contributed by atoms with Crippen molar-refractivity contribution in [3.05, 3.63) is 53.6 Å². The average Bonchev–Trinajstić information content (AvgIpc) is 2.70. The molecule has 0 bridgehead atoms. The average molecular weight is 285 g/mol. The lowest BCUT2D eigenvalue weighted by molar-refractivity contribution is -0.111. The number of nitrogens with one attached hydrogen (secondary N) is 1. The van der Waals surface area contributed by atoms with Gasteiger partial charge < -0.3 is 10.1 Å². The lowest BCUT2D eigenvalue weighted by Crippen LogP contribution is -2.38. The Kier molecular flexibility index (Phi) is 4.26. The summed E-state index contributed by atoms with van der Waals surface area (Å²) < 4.78 is 5.21. The second kappa shape index (κ2) is 5.95. The highest BCUT2D eigenvalue weighted by molar-refractivity contribution is 6.11. The zero-order valence-electron chi connectivity index (χ0n) is 12.4. The van der Waals surface area contributed by atoms with Crippen molar-refractivity contribution in [1.29, 1.82) is 0 Å². The number of ether oxygens (including phenoxy) is 1. The molecule has 0 aliphatic heterocycles. The Balaban J connectivity index is 2.12. The quantitative estimate of drug-likeness (QED) is 0.849. The predicted molar refractivity (Wildman–Crippen MR) is 81.7 cm³/mol. The summed E-state index contributed by atoms with van der Waals surface area (Å²) in [6.07, 6.45) is 4.38. The Hall–Kier alpha value is -2.36. The normalized spacial score (nSPS) is 19.9. The summed E-state index contributed by atoms with van der Waals surface area (Å²) in [6, 6.07) is 9.07. The van der Waals surface area contributed by atoms with Crippen molar-refractivity contribution in [3.63, 3.8) is 0 Å². The van der Waals surface area contributed by atoms with E-state index in [1.807, 2.05) is 30.3 Å². The molecule has 1 N–H and O–H groups in total. The molecule has 110 valence electrons. The molecule has 21 heavy (non-hydrogen) atoms. The van der Waals surface area contributed by atoms with Crippen LogP contribution in [-0.4, -0.2) is 23.5 Å². The predicted octanol–water partition coefficient (Wildman–Crippen LogP) is 3.10. The summed E-state index contributed by atoms with van der Waals surface area (Å²) in [7, 11) is 0. The van der Waals surface area contributed by atoms with Crippen LogP contribution in [0.15, 0.2) is 48.1 Å². The van der Waals surface area contributed by atoms with Gasteiger partial charge in [0.1, 0.15) is 5.60 Å². The number of alkyl carbamates (subject to hydrolysis) is 1. The molecule has 0 saturated heterocycles. The zero-order chi connectivity index (χ0) is 15.5. The summed E-state index contributed by atoms with van der Waals surface area (Å²) >= 11 is 0. The largest absolute Gasteiger partial charge is 0.444 e. The van der Waals surface area contributed by atoms with Gasteiger partial charge in [0.25, 0.3) is 0 Å². The van der Waals surface area contributed by atoms with E-state index in [1.165, 1.54) is 6.08 Å². The molecule has 0 aromatic heterocycles. The molecule has 0 saturated carbocycles. The van der Waals surface area contributed by atoms with Gasteiger partial charge in [0.2, 0.25) is 0 Å². The molecule has 1 amide bonds. The van der Waals surface area contributed by atoms with Gasteiger partial charge >= 0.3 is 6.09 Å². The maximum atomic E-state index is 11.9. The molecule has 0 heterocycles. The van der Waals surface area contributed by atoms with Crippen LogP contribution in [0.2, 0.25) is 0 Å². The van der Waals surface area contributed by atoms with E-state index in [4.69, 9.17) is 4.74 Å². The first kappa shape index (κ1) is 15.0. The molecule has 1 aliphatic carbocycles. The Bertz CT molecular complexity index is 594. The minimum atomic E-state index is -0.570. The first-order valence-electron chi connectivity index (χ1n) is 6.84. The number of amides is 1. The van der Waals surface area contributed by atoms with Crippen LogP contribution < -0.4 is 5.32 Å². The maximum absolute atomic E-state index is 11.9. The number of hydrogen-bond donors (Lipinski definition) is 1. The second-order valence-electron chi connectivity index (χ2n) is 5.86. The van der Waals surface area contributed by atoms with E-state index in [-0.39, 0.29) is 5.78 Å². The summed E-state index contributed by atoms with van der Waals surface area (Å²) in [6.45, 7) is 5.38. The highest BCUT2D eigenvalue weighted by Crippen LogP contribution is 2.19. The van der Waals surface area contributed by atoms with Gasteiger partial charge in [-0.25, -0.2) is 4.79 Å². The van der Waals surface area contributed by atoms with Crippen LogP contribution in [0.4, 0.5) is 4.79 Å². The molecule has 0 radical (unpaired) electrons. The third-order valence-corrected chi connectivity index (χ3v) is 2.85. The summed E-state index contributed by atoms with van der Waals surface area (Å²) in [4.78, 5) is 23.7. The van der Waals surface area contributed by atoms with Crippen molar-refractivity contribution >= 4 is 18.0 Å². The van der Waals surface area contributed by atoms with E-state index >= 15 is 0 Å². The lowest BCUT2D eigenvalue weighted by Gasteiger charge is -2.21. The first-order valence-corrected chi connectivity index (χ1v) is 6.84. The highest BCUT2D eigenvalue weighted by Gasteiger charge is 2.26. The second-order valence-corrected chi connectivity index (χ2v) is 5.86. The van der Waals surface area contributed by atoms with E-state index in [9.17, 15) is 9.59 Å². The fraction of sp³-hybridized carbons (Fsp3) is 0.294. The molecule has 4 heteroatoms. The Morgan fingerprint density at radius 2 is 1.90 bits per heavy atom. The fourth-order valence-electron chi connectivity index (χ4n) is 1.99. The van der Waals surface area contributed by atoms with Crippen LogP contribution in [-0.2, 0) is 9.53 Å². The minimum absolute atomic E-state index is 0.0973. The summed E-state index contributed by atoms with van der Waals surface area (Å²) in [5, 5.41) is 2.70. The van der Waals surface area contributed by atoms with E-state index in [2.05, 4.69) is 5.32 Å².